The van der Waals surface area contributed by atoms with Gasteiger partial charge in [0.05, 0.1) is 4.90 Å². The van der Waals surface area contributed by atoms with Crippen molar-refractivity contribution in [1.82, 2.24) is 0 Å². The summed E-state index contributed by atoms with van der Waals surface area (Å²) in [6.07, 6.45) is 0. The Morgan fingerprint density at radius 2 is 2.15 bits per heavy atom. The first-order chi connectivity index (χ1) is 6.06. The summed E-state index contributed by atoms with van der Waals surface area (Å²) in [5, 5.41) is 0. The Kier molecular flexibility index (Phi) is 2.41. The molecule has 0 heterocycles. The quantitative estimate of drug-likeness (QED) is 0.334. The fraction of sp³-hybridized carbons (Fsp3) is 0. The molecule has 6 nitrogen and oxygen atoms in total. The third kappa shape index (κ3) is 2.11. The van der Waals surface area contributed by atoms with Crippen LogP contribution in [-0.2, 0) is 10.0 Å². The molecule has 0 aromatic heterocycles. The summed E-state index contributed by atoms with van der Waals surface area (Å²) in [5.41, 5.74) is 13.6. The second kappa shape index (κ2) is 3.34. The van der Waals surface area contributed by atoms with E-state index in [0.29, 0.717) is 5.69 Å². The first kappa shape index (κ1) is 9.37. The van der Waals surface area contributed by atoms with Gasteiger partial charge in [0.25, 0.3) is 10.0 Å². The van der Waals surface area contributed by atoms with Gasteiger partial charge in [-0.3, -0.25) is 0 Å². The van der Waals surface area contributed by atoms with Crippen molar-refractivity contribution in [2.45, 2.75) is 4.90 Å². The van der Waals surface area contributed by atoms with Crippen LogP contribution in [0.4, 0.5) is 5.69 Å². The zero-order valence-electron chi connectivity index (χ0n) is 6.45. The molecule has 7 heteroatoms. The van der Waals surface area contributed by atoms with Gasteiger partial charge in [-0.25, -0.2) is 8.42 Å². The number of nitrogen functional groups attached to an aromatic ring is 1. The van der Waals surface area contributed by atoms with Crippen molar-refractivity contribution in [3.8, 4) is 0 Å². The molecule has 2 N–H and O–H groups in total. The molecule has 0 spiro atoms. The molecule has 13 heavy (non-hydrogen) atoms. The lowest BCUT2D eigenvalue weighted by molar-refractivity contribution is 0.597. The normalized spacial score (nSPS) is 10.5. The van der Waals surface area contributed by atoms with Gasteiger partial charge in [0, 0.05) is 15.1 Å². The summed E-state index contributed by atoms with van der Waals surface area (Å²) in [5.74, 6) is 0. The van der Waals surface area contributed by atoms with Crippen molar-refractivity contribution in [2.24, 2.45) is 4.52 Å². The molecule has 0 unspecified atom stereocenters. The largest absolute Gasteiger partial charge is 0.399 e. The average molecular weight is 198 g/mol. The molecule has 0 aliphatic carbocycles. The number of azide groups is 1. The van der Waals surface area contributed by atoms with Crippen LogP contribution in [0.2, 0.25) is 0 Å². The first-order valence-corrected chi connectivity index (χ1v) is 4.67. The number of nitrogens with two attached hydrogens (primary N) is 1. The first-order valence-electron chi connectivity index (χ1n) is 3.23. The second-order valence-electron chi connectivity index (χ2n) is 2.22. The Labute approximate surface area is 74.7 Å². The zero-order valence-corrected chi connectivity index (χ0v) is 7.27. The van der Waals surface area contributed by atoms with Crippen molar-refractivity contribution in [1.29, 1.82) is 0 Å². The van der Waals surface area contributed by atoms with Crippen LogP contribution >= 0.6 is 0 Å². The van der Waals surface area contributed by atoms with E-state index in [1.807, 2.05) is 0 Å². The van der Waals surface area contributed by atoms with E-state index in [-0.39, 0.29) is 4.90 Å². The van der Waals surface area contributed by atoms with Crippen LogP contribution in [0.3, 0.4) is 0 Å². The van der Waals surface area contributed by atoms with Crippen molar-refractivity contribution in [3.63, 3.8) is 0 Å². The van der Waals surface area contributed by atoms with Crippen LogP contribution < -0.4 is 5.73 Å². The number of hydrogen-bond acceptors (Lipinski definition) is 3. The molecule has 0 saturated heterocycles. The number of nitrogens with zero attached hydrogens (tertiary/aromatic N) is 3. The molecule has 0 amide bonds. The standard InChI is InChI=1S/C6H6N4O2S/c7-5-2-1-3-6(4-5)13(11,12)10-9-8/h1-4H,7H2. The van der Waals surface area contributed by atoms with E-state index in [1.54, 1.807) is 0 Å². The maximum atomic E-state index is 11.1. The summed E-state index contributed by atoms with van der Waals surface area (Å²) >= 11 is 0. The molecule has 68 valence electrons. The number of sulfonamides is 1. The Morgan fingerprint density at radius 3 is 2.69 bits per heavy atom. The van der Waals surface area contributed by atoms with Gasteiger partial charge in [0.2, 0.25) is 0 Å². The van der Waals surface area contributed by atoms with E-state index in [1.165, 1.54) is 24.3 Å². The minimum atomic E-state index is -3.90. The van der Waals surface area contributed by atoms with Crippen molar-refractivity contribution in [2.75, 3.05) is 5.73 Å². The average Bonchev–Trinajstić information content (AvgIpc) is 2.04. The van der Waals surface area contributed by atoms with Gasteiger partial charge in [-0.2, -0.15) is 0 Å². The SMILES string of the molecule is [N-]=[N+]=NS(=O)(=O)c1cccc(N)c1. The van der Waals surface area contributed by atoms with Crippen LogP contribution in [0.5, 0.6) is 0 Å². The van der Waals surface area contributed by atoms with Crippen LogP contribution in [0.15, 0.2) is 33.7 Å². The Hall–Kier alpha value is -1.72. The molecule has 1 aromatic carbocycles. The summed E-state index contributed by atoms with van der Waals surface area (Å²) in [6, 6.07) is 5.54. The van der Waals surface area contributed by atoms with E-state index in [0.717, 1.165) is 0 Å². The molecule has 0 aliphatic rings. The Bertz CT molecular complexity index is 461. The second-order valence-corrected chi connectivity index (χ2v) is 3.80. The summed E-state index contributed by atoms with van der Waals surface area (Å²) in [4.78, 5) is 2.10. The molecular formula is C6H6N4O2S. The van der Waals surface area contributed by atoms with Crippen LogP contribution in [-0.4, -0.2) is 8.42 Å². The molecule has 0 saturated carbocycles. The highest BCUT2D eigenvalue weighted by atomic mass is 32.2. The Morgan fingerprint density at radius 1 is 1.46 bits per heavy atom. The third-order valence-electron chi connectivity index (χ3n) is 1.30. The van der Waals surface area contributed by atoms with Crippen LogP contribution in [0, 0.1) is 0 Å². The minimum absolute atomic E-state index is 0.106. The lowest BCUT2D eigenvalue weighted by atomic mass is 10.3. The molecule has 1 aromatic rings. The van der Waals surface area contributed by atoms with Gasteiger partial charge in [0.15, 0.2) is 0 Å². The van der Waals surface area contributed by atoms with E-state index in [2.05, 4.69) is 9.43 Å². The summed E-state index contributed by atoms with van der Waals surface area (Å²) in [6.45, 7) is 0. The van der Waals surface area contributed by atoms with Crippen molar-refractivity contribution >= 4 is 15.7 Å². The van der Waals surface area contributed by atoms with Crippen molar-refractivity contribution < 1.29 is 8.42 Å². The van der Waals surface area contributed by atoms with Gasteiger partial charge in [-0.1, -0.05) is 6.07 Å². The molecule has 0 bridgehead atoms. The third-order valence-corrected chi connectivity index (χ3v) is 2.44. The van der Waals surface area contributed by atoms with E-state index < -0.39 is 10.0 Å². The number of anilines is 1. The Balaban J connectivity index is 3.31. The van der Waals surface area contributed by atoms with Gasteiger partial charge < -0.3 is 5.73 Å². The van der Waals surface area contributed by atoms with Gasteiger partial charge in [-0.15, -0.1) is 0 Å². The highest BCUT2D eigenvalue weighted by Gasteiger charge is 2.10. The number of benzene rings is 1. The maximum absolute atomic E-state index is 11.1. The molecule has 0 atom stereocenters. The fourth-order valence-corrected chi connectivity index (χ4v) is 1.50. The summed E-state index contributed by atoms with van der Waals surface area (Å²) < 4.78 is 24.9. The van der Waals surface area contributed by atoms with Gasteiger partial charge >= 0.3 is 0 Å². The fourth-order valence-electron chi connectivity index (χ4n) is 0.770. The predicted octanol–water partition coefficient (Wildman–Crippen LogP) is 1.27. The van der Waals surface area contributed by atoms with Gasteiger partial charge in [0.1, 0.15) is 0 Å². The monoisotopic (exact) mass is 198 g/mol. The van der Waals surface area contributed by atoms with E-state index >= 15 is 0 Å². The van der Waals surface area contributed by atoms with E-state index in [4.69, 9.17) is 11.3 Å². The lowest BCUT2D eigenvalue weighted by Gasteiger charge is -1.97. The number of hydrogen-bond donors (Lipinski definition) is 1. The molecule has 0 radical (unpaired) electrons. The topological polar surface area (TPSA) is 109 Å². The molecule has 0 fully saturated rings. The maximum Gasteiger partial charge on any atom is 0.264 e. The van der Waals surface area contributed by atoms with Crippen LogP contribution in [0.1, 0.15) is 0 Å². The highest BCUT2D eigenvalue weighted by molar-refractivity contribution is 7.90. The minimum Gasteiger partial charge on any atom is -0.399 e. The zero-order chi connectivity index (χ0) is 9.90. The van der Waals surface area contributed by atoms with Crippen molar-refractivity contribution in [3.05, 3.63) is 34.7 Å². The molecule has 1 rings (SSSR count). The highest BCUT2D eigenvalue weighted by Crippen LogP contribution is 2.14. The molecule has 0 aliphatic heterocycles. The summed E-state index contributed by atoms with van der Waals surface area (Å²) in [7, 11) is -3.90. The van der Waals surface area contributed by atoms with Gasteiger partial charge in [-0.05, 0) is 23.7 Å². The smallest absolute Gasteiger partial charge is 0.264 e. The lowest BCUT2D eigenvalue weighted by Crippen LogP contribution is -1.96. The molecular weight excluding hydrogens is 192 g/mol. The van der Waals surface area contributed by atoms with Crippen LogP contribution in [0.25, 0.3) is 10.4 Å². The number of rotatable bonds is 2. The van der Waals surface area contributed by atoms with E-state index in [9.17, 15) is 8.42 Å². The predicted molar refractivity (Wildman–Crippen MR) is 47.2 cm³/mol.